The fourth-order valence-electron chi connectivity index (χ4n) is 2.68. The molecule has 0 radical (unpaired) electrons. The van der Waals surface area contributed by atoms with Crippen LogP contribution in [0.15, 0.2) is 60.9 Å². The molecule has 2 heterocycles. The number of nitrogens with zero attached hydrogens (tertiary/aromatic N) is 6. The summed E-state index contributed by atoms with van der Waals surface area (Å²) in [6.45, 7) is 1.67. The second-order valence-corrected chi connectivity index (χ2v) is 5.46. The molecule has 2 aromatic heterocycles. The van der Waals surface area contributed by atoms with Crippen LogP contribution in [0.5, 0.6) is 0 Å². The summed E-state index contributed by atoms with van der Waals surface area (Å²) >= 11 is 0. The van der Waals surface area contributed by atoms with Gasteiger partial charge in [-0.1, -0.05) is 35.4 Å². The summed E-state index contributed by atoms with van der Waals surface area (Å²) in [5, 5.41) is 15.1. The molecule has 0 atom stereocenters. The van der Waals surface area contributed by atoms with Gasteiger partial charge in [-0.2, -0.15) is 4.68 Å². The van der Waals surface area contributed by atoms with Gasteiger partial charge in [0, 0.05) is 13.1 Å². The molecule has 7 heteroatoms. The maximum atomic E-state index is 4.41. The zero-order valence-corrected chi connectivity index (χ0v) is 13.1. The second-order valence-electron chi connectivity index (χ2n) is 5.46. The minimum atomic E-state index is 0.650. The van der Waals surface area contributed by atoms with Crippen molar-refractivity contribution in [2.45, 2.75) is 13.0 Å². The lowest BCUT2D eigenvalue weighted by Gasteiger charge is -2.08. The number of para-hydroxylation sites is 3. The van der Waals surface area contributed by atoms with E-state index in [0.717, 1.165) is 36.2 Å². The molecule has 7 nitrogen and oxygen atoms in total. The molecule has 0 spiro atoms. The van der Waals surface area contributed by atoms with Crippen molar-refractivity contribution in [1.82, 2.24) is 29.8 Å². The molecule has 4 aromatic rings. The molecule has 0 saturated carbocycles. The molecular formula is C17H17N7. The highest BCUT2D eigenvalue weighted by Crippen LogP contribution is 2.13. The molecule has 0 saturated heterocycles. The summed E-state index contributed by atoms with van der Waals surface area (Å²) in [6, 6.07) is 18.0. The van der Waals surface area contributed by atoms with Crippen molar-refractivity contribution in [3.8, 4) is 5.69 Å². The number of rotatable bonds is 6. The molecule has 0 aliphatic heterocycles. The number of hydrogen-bond donors (Lipinski definition) is 1. The number of anilines is 1. The molecule has 24 heavy (non-hydrogen) atoms. The number of benzene rings is 2. The first kappa shape index (κ1) is 14.4. The topological polar surface area (TPSA) is 73.5 Å². The summed E-state index contributed by atoms with van der Waals surface area (Å²) in [5.74, 6) is 0.650. The fraction of sp³-hybridized carbons (Fsp3) is 0.176. The first-order chi connectivity index (χ1) is 11.9. The van der Waals surface area contributed by atoms with Gasteiger partial charge in [-0.3, -0.25) is 0 Å². The molecular weight excluding hydrogens is 302 g/mol. The zero-order chi connectivity index (χ0) is 16.2. The van der Waals surface area contributed by atoms with E-state index in [-0.39, 0.29) is 0 Å². The van der Waals surface area contributed by atoms with Crippen LogP contribution in [-0.2, 0) is 6.54 Å². The van der Waals surface area contributed by atoms with Crippen molar-refractivity contribution >= 4 is 17.0 Å². The van der Waals surface area contributed by atoms with E-state index in [1.165, 1.54) is 0 Å². The highest BCUT2D eigenvalue weighted by Gasteiger charge is 2.07. The van der Waals surface area contributed by atoms with Crippen LogP contribution in [0.1, 0.15) is 6.42 Å². The summed E-state index contributed by atoms with van der Waals surface area (Å²) in [7, 11) is 0. The molecule has 1 N–H and O–H groups in total. The van der Waals surface area contributed by atoms with Crippen LogP contribution in [-0.4, -0.2) is 36.3 Å². The van der Waals surface area contributed by atoms with Gasteiger partial charge in [0.1, 0.15) is 0 Å². The Bertz CT molecular complexity index is 926. The van der Waals surface area contributed by atoms with E-state index < -0.39 is 0 Å². The maximum Gasteiger partial charge on any atom is 0.247 e. The van der Waals surface area contributed by atoms with Gasteiger partial charge in [-0.05, 0) is 41.1 Å². The lowest BCUT2D eigenvalue weighted by Crippen LogP contribution is -2.10. The molecule has 0 aliphatic rings. The lowest BCUT2D eigenvalue weighted by atomic mass is 10.3. The number of aryl methyl sites for hydroxylation is 1. The van der Waals surface area contributed by atoms with Crippen molar-refractivity contribution in [3.63, 3.8) is 0 Å². The SMILES string of the molecule is c1ccc(-n2nnnc2NCCCn2cnc3ccccc32)cc1. The van der Waals surface area contributed by atoms with E-state index in [0.29, 0.717) is 5.95 Å². The predicted molar refractivity (Wildman–Crippen MR) is 92.0 cm³/mol. The molecule has 2 aromatic carbocycles. The molecule has 4 rings (SSSR count). The van der Waals surface area contributed by atoms with Gasteiger partial charge in [0.05, 0.1) is 23.0 Å². The Morgan fingerprint density at radius 3 is 2.71 bits per heavy atom. The number of aromatic nitrogens is 6. The zero-order valence-electron chi connectivity index (χ0n) is 13.1. The van der Waals surface area contributed by atoms with Crippen molar-refractivity contribution in [2.75, 3.05) is 11.9 Å². The minimum Gasteiger partial charge on any atom is -0.353 e. The third-order valence-electron chi connectivity index (χ3n) is 3.86. The van der Waals surface area contributed by atoms with E-state index in [2.05, 4.69) is 36.5 Å². The molecule has 0 fully saturated rings. The van der Waals surface area contributed by atoms with Gasteiger partial charge in [0.15, 0.2) is 0 Å². The highest BCUT2D eigenvalue weighted by atomic mass is 15.6. The Balaban J connectivity index is 1.38. The van der Waals surface area contributed by atoms with Gasteiger partial charge in [0.2, 0.25) is 5.95 Å². The van der Waals surface area contributed by atoms with Crippen LogP contribution >= 0.6 is 0 Å². The Morgan fingerprint density at radius 2 is 1.79 bits per heavy atom. The van der Waals surface area contributed by atoms with Crippen LogP contribution in [0.2, 0.25) is 0 Å². The van der Waals surface area contributed by atoms with Crippen LogP contribution < -0.4 is 5.32 Å². The van der Waals surface area contributed by atoms with Crippen molar-refractivity contribution < 1.29 is 0 Å². The molecule has 0 unspecified atom stereocenters. The van der Waals surface area contributed by atoms with E-state index >= 15 is 0 Å². The maximum absolute atomic E-state index is 4.41. The number of imidazole rings is 1. The quantitative estimate of drug-likeness (QED) is 0.553. The van der Waals surface area contributed by atoms with E-state index in [1.807, 2.05) is 54.9 Å². The number of hydrogen-bond acceptors (Lipinski definition) is 5. The molecule has 0 bridgehead atoms. The number of tetrazole rings is 1. The van der Waals surface area contributed by atoms with Gasteiger partial charge >= 0.3 is 0 Å². The first-order valence-electron chi connectivity index (χ1n) is 7.89. The monoisotopic (exact) mass is 319 g/mol. The lowest BCUT2D eigenvalue weighted by molar-refractivity contribution is 0.674. The normalized spacial score (nSPS) is 11.0. The summed E-state index contributed by atoms with van der Waals surface area (Å²) in [4.78, 5) is 4.41. The van der Waals surface area contributed by atoms with Crippen LogP contribution in [0, 0.1) is 0 Å². The standard InChI is InChI=1S/C17H17N7/c1-2-7-14(8-3-1)24-17(20-21-22-24)18-11-6-12-23-13-19-15-9-4-5-10-16(15)23/h1-5,7-10,13H,6,11-12H2,(H,18,20,22). The van der Waals surface area contributed by atoms with E-state index in [1.54, 1.807) is 4.68 Å². The van der Waals surface area contributed by atoms with Crippen molar-refractivity contribution in [2.24, 2.45) is 0 Å². The van der Waals surface area contributed by atoms with Gasteiger partial charge in [-0.25, -0.2) is 4.98 Å². The first-order valence-corrected chi connectivity index (χ1v) is 7.89. The predicted octanol–water partition coefficient (Wildman–Crippen LogP) is 2.51. The van der Waals surface area contributed by atoms with E-state index in [9.17, 15) is 0 Å². The Morgan fingerprint density at radius 1 is 0.958 bits per heavy atom. The molecule has 120 valence electrons. The largest absolute Gasteiger partial charge is 0.353 e. The average Bonchev–Trinajstić information content (AvgIpc) is 3.27. The highest BCUT2D eigenvalue weighted by molar-refractivity contribution is 5.74. The van der Waals surface area contributed by atoms with E-state index in [4.69, 9.17) is 0 Å². The summed E-state index contributed by atoms with van der Waals surface area (Å²) in [5.41, 5.74) is 3.12. The smallest absolute Gasteiger partial charge is 0.247 e. The number of fused-ring (bicyclic) bond motifs is 1. The van der Waals surface area contributed by atoms with Crippen LogP contribution in [0.4, 0.5) is 5.95 Å². The minimum absolute atomic E-state index is 0.650. The molecule has 0 aliphatic carbocycles. The van der Waals surface area contributed by atoms with Crippen molar-refractivity contribution in [3.05, 3.63) is 60.9 Å². The average molecular weight is 319 g/mol. The van der Waals surface area contributed by atoms with Gasteiger partial charge in [0.25, 0.3) is 0 Å². The summed E-state index contributed by atoms with van der Waals surface area (Å²) in [6.07, 6.45) is 2.83. The Hall–Kier alpha value is -3.22. The second kappa shape index (κ2) is 6.49. The molecule has 0 amide bonds. The third-order valence-corrected chi connectivity index (χ3v) is 3.86. The van der Waals surface area contributed by atoms with Gasteiger partial charge in [-0.15, -0.1) is 0 Å². The Kier molecular flexibility index (Phi) is 3.89. The Labute approximate surface area is 138 Å². The van der Waals surface area contributed by atoms with Gasteiger partial charge < -0.3 is 9.88 Å². The van der Waals surface area contributed by atoms with Crippen LogP contribution in [0.3, 0.4) is 0 Å². The van der Waals surface area contributed by atoms with Crippen LogP contribution in [0.25, 0.3) is 16.7 Å². The number of nitrogens with one attached hydrogen (secondary N) is 1. The third kappa shape index (κ3) is 2.83. The summed E-state index contributed by atoms with van der Waals surface area (Å²) < 4.78 is 3.86. The fourth-order valence-corrected chi connectivity index (χ4v) is 2.68. The van der Waals surface area contributed by atoms with Crippen molar-refractivity contribution in [1.29, 1.82) is 0 Å².